The average molecular weight is 550 g/mol. The van der Waals surface area contributed by atoms with Gasteiger partial charge in [0, 0.05) is 75.1 Å². The van der Waals surface area contributed by atoms with E-state index < -0.39 is 5.41 Å². The van der Waals surface area contributed by atoms with E-state index in [-0.39, 0.29) is 23.3 Å². The van der Waals surface area contributed by atoms with Gasteiger partial charge in [-0.25, -0.2) is 9.83 Å². The van der Waals surface area contributed by atoms with E-state index in [4.69, 9.17) is 56.1 Å². The van der Waals surface area contributed by atoms with Crippen molar-refractivity contribution in [1.29, 1.82) is 0 Å². The number of hydrogen-bond acceptors (Lipinski definition) is 3. The predicted octanol–water partition coefficient (Wildman–Crippen LogP) is 8.83. The van der Waals surface area contributed by atoms with E-state index in [1.165, 1.54) is 0 Å². The highest BCUT2D eigenvalue weighted by molar-refractivity contribution is 6.00. The minimum absolute atomic E-state index is 0.0243. The van der Waals surface area contributed by atoms with Crippen molar-refractivity contribution >= 4 is 5.78 Å². The second kappa shape index (κ2) is 7.92. The lowest BCUT2D eigenvalue weighted by atomic mass is 9.55. The lowest BCUT2D eigenvalue weighted by molar-refractivity contribution is -0.121. The fourth-order valence-corrected chi connectivity index (χ4v) is 6.05. The van der Waals surface area contributed by atoms with Crippen LogP contribution in [0.1, 0.15) is 74.8 Å². The van der Waals surface area contributed by atoms with E-state index >= 15 is 0 Å². The topological polar surface area (TPSA) is 57.1 Å². The first-order valence-electron chi connectivity index (χ1n) is 26.9. The van der Waals surface area contributed by atoms with Crippen LogP contribution in [0.3, 0.4) is 0 Å². The third-order valence-electron chi connectivity index (χ3n) is 7.62. The molecule has 0 saturated heterocycles. The van der Waals surface area contributed by atoms with Crippen molar-refractivity contribution in [2.24, 2.45) is 18.9 Å². The van der Waals surface area contributed by atoms with E-state index in [2.05, 4.69) is 38.8 Å². The number of aromatic nitrogens is 4. The molecule has 2 aromatic heterocycles. The summed E-state index contributed by atoms with van der Waals surface area (Å²) < 4.78 is 154. The number of aryl methyl sites for hydroxylation is 1. The van der Waals surface area contributed by atoms with Crippen molar-refractivity contribution < 1.29 is 49.3 Å². The van der Waals surface area contributed by atoms with Crippen molar-refractivity contribution in [3.8, 4) is 17.1 Å². The molecule has 6 rings (SSSR count). The van der Waals surface area contributed by atoms with Crippen molar-refractivity contribution in [3.63, 3.8) is 0 Å². The standard InChI is InChI=1S/C29H25N5O.15H2/c1-19-23-14-15-25-27(29(23,16-24(30-2)26(19)35)21-10-6-4-7-11-21)32-28(20-17-31-33(3)18-20)34(25)22-12-8-5-9-13-22;;;;;;;;;;;;;;;/h4-13,16-19,23H,14-15H2,1,3H3;15*1H/t19-,23-,29+;;;;;;;;;;;;;;;/m0.............../s1/i;15*1+2T. The van der Waals surface area contributed by atoms with Gasteiger partial charge < -0.3 is 4.79 Å². The number of rotatable bonds is 3. The van der Waals surface area contributed by atoms with Crippen molar-refractivity contribution in [1.82, 2.24) is 19.3 Å². The number of fused-ring (bicyclic) bond motifs is 3. The lowest BCUT2D eigenvalue weighted by Crippen LogP contribution is -2.48. The molecule has 0 spiro atoms. The molecule has 2 aliphatic carbocycles. The molecule has 4 aromatic rings. The van der Waals surface area contributed by atoms with Gasteiger partial charge >= 0.3 is 0 Å². The Morgan fingerprint density at radius 3 is 2.51 bits per heavy atom. The van der Waals surface area contributed by atoms with E-state index in [9.17, 15) is 4.79 Å². The Labute approximate surface area is 250 Å². The molecule has 2 aliphatic rings. The molecule has 0 bridgehead atoms. The first-order valence-corrected chi connectivity index (χ1v) is 11.9. The third-order valence-corrected chi connectivity index (χ3v) is 7.62. The van der Waals surface area contributed by atoms with Crippen molar-refractivity contribution in [2.75, 3.05) is 0 Å². The summed E-state index contributed by atoms with van der Waals surface area (Å²) in [6.07, 6.45) is 7.37. The molecule has 0 unspecified atom stereocenters. The van der Waals surface area contributed by atoms with Gasteiger partial charge in [0.1, 0.15) is 5.82 Å². The number of allylic oxidation sites excluding steroid dienone is 2. The molecule has 3 atom stereocenters. The summed E-state index contributed by atoms with van der Waals surface area (Å²) >= 11 is 0. The fourth-order valence-electron chi connectivity index (χ4n) is 6.05. The maximum absolute atomic E-state index is 13.1. The summed E-state index contributed by atoms with van der Waals surface area (Å²) in [7, 11) is 1.90. The first-order chi connectivity index (χ1) is 32.0. The SMILES string of the molecule is [3H][3H].[3H][3H].[3H][3H].[3H][3H].[3H][3H].[3H][3H].[3H][3H].[3H][3H].[3H][3H].[3H][3H].[3H][3H].[3H][3H].[3H][3H].[3H][3H].[3H][3H].[C-]#[N+]C1=C[C@]2(c3ccccc3)c3nc(-c4cnn(C)c4)n(-c4ccccc4)c3CC[C@H]2[C@H](C)C1=O. The van der Waals surface area contributed by atoms with Crippen LogP contribution in [-0.4, -0.2) is 25.1 Å². The van der Waals surface area contributed by atoms with Crippen LogP contribution < -0.4 is 0 Å². The van der Waals surface area contributed by atoms with E-state index in [1.807, 2.05) is 68.8 Å². The van der Waals surface area contributed by atoms with Crippen LogP contribution in [-0.2, 0) is 23.7 Å². The summed E-state index contributed by atoms with van der Waals surface area (Å²) in [6.45, 7) is 9.75. The Kier molecular flexibility index (Phi) is 2.39. The van der Waals surface area contributed by atoms with Gasteiger partial charge in [0.05, 0.1) is 29.4 Å². The average Bonchev–Trinajstić information content (AvgIpc) is 4.08. The highest BCUT2D eigenvalue weighted by Crippen LogP contribution is 2.54. The van der Waals surface area contributed by atoms with Gasteiger partial charge in [-0.05, 0) is 36.5 Å². The van der Waals surface area contributed by atoms with Gasteiger partial charge in [-0.15, -0.1) is 0 Å². The summed E-state index contributed by atoms with van der Waals surface area (Å²) in [5.74, 6) is 0.528. The maximum atomic E-state index is 13.1. The minimum Gasteiger partial charge on any atom is -0.308 e. The zero-order valence-electron chi connectivity index (χ0n) is 49.7. The van der Waals surface area contributed by atoms with E-state index in [1.54, 1.807) is 4.68 Å². The first kappa shape index (κ1) is 10.6. The normalized spacial score (nSPS) is 26.7. The van der Waals surface area contributed by atoms with Crippen LogP contribution in [0.2, 0.25) is 0 Å². The summed E-state index contributed by atoms with van der Waals surface area (Å²) in [5.41, 5.74) is 4.65. The molecule has 202 valence electrons. The van der Waals surface area contributed by atoms with Crippen LogP contribution in [0, 0.1) is 18.4 Å². The quantitative estimate of drug-likeness (QED) is 0.240. The molecule has 0 fully saturated rings. The van der Waals surface area contributed by atoms with Gasteiger partial charge in [0.2, 0.25) is 5.70 Å². The van der Waals surface area contributed by atoms with Gasteiger partial charge in [0.25, 0.3) is 0 Å². The fraction of sp³-hybridized carbons (Fsp3) is 0.241. The molecular weight excluding hydrogens is 434 g/mol. The van der Waals surface area contributed by atoms with Crippen LogP contribution >= 0.6 is 0 Å². The number of para-hydroxylation sites is 1. The summed E-state index contributed by atoms with van der Waals surface area (Å²) in [5, 5.41) is 4.41. The maximum Gasteiger partial charge on any atom is 0.226 e. The van der Waals surface area contributed by atoms with Crippen LogP contribution in [0.5, 0.6) is 0 Å². The molecular formula is C29H55N5O. The van der Waals surface area contributed by atoms with Gasteiger partial charge in [-0.3, -0.25) is 9.25 Å². The Bertz CT molecular complexity index is 1570. The second-order valence-electron chi connectivity index (χ2n) is 9.48. The number of hydrogen-bond donors (Lipinski definition) is 0. The zero-order valence-corrected chi connectivity index (χ0v) is 19.7. The van der Waals surface area contributed by atoms with Gasteiger partial charge in [-0.2, -0.15) is 5.10 Å². The molecule has 2 aromatic carbocycles. The number of carbonyl (C=O) groups excluding carboxylic acids is 1. The van der Waals surface area contributed by atoms with Crippen LogP contribution in [0.25, 0.3) is 21.9 Å². The predicted molar refractivity (Wildman–Crippen MR) is 165 cm³/mol. The highest BCUT2D eigenvalue weighted by atomic mass is 16.1. The van der Waals surface area contributed by atoms with Gasteiger partial charge in [0.15, 0.2) is 5.78 Å². The largest absolute Gasteiger partial charge is 0.308 e. The zero-order chi connectivity index (χ0) is 54.2. The second-order valence-corrected chi connectivity index (χ2v) is 9.48. The van der Waals surface area contributed by atoms with E-state index in [0.29, 0.717) is 0 Å². The Balaban J connectivity index is -0.000000108. The van der Waals surface area contributed by atoms with Crippen LogP contribution in [0.15, 0.2) is 84.8 Å². The Morgan fingerprint density at radius 1 is 1.14 bits per heavy atom. The molecule has 6 nitrogen and oxygen atoms in total. The third kappa shape index (κ3) is 3.05. The molecule has 0 N–H and O–H groups in total. The summed E-state index contributed by atoms with van der Waals surface area (Å²) in [4.78, 5) is 22.1. The lowest BCUT2D eigenvalue weighted by Gasteiger charge is -2.47. The molecule has 0 saturated carbocycles. The van der Waals surface area contributed by atoms with Crippen molar-refractivity contribution in [3.05, 3.63) is 113 Å². The molecule has 0 radical (unpaired) electrons. The highest BCUT2D eigenvalue weighted by Gasteiger charge is 2.53. The monoisotopic (exact) mass is 550 g/mol. The molecule has 6 heteroatoms. The number of nitrogens with zero attached hydrogens (tertiary/aromatic N) is 5. The summed E-state index contributed by atoms with van der Waals surface area (Å²) in [6, 6.07) is 20.5. The van der Waals surface area contributed by atoms with E-state index in [0.717, 1.165) is 46.9 Å². The number of Topliss-reactive ketones (excluding diaryl/α,β-unsaturated/α-hetero) is 1. The molecule has 0 amide bonds. The molecule has 35 heavy (non-hydrogen) atoms. The number of benzene rings is 2. The Hall–Kier alpha value is -4.24. The van der Waals surface area contributed by atoms with Crippen LogP contribution in [0.4, 0.5) is 0 Å². The smallest absolute Gasteiger partial charge is 0.226 e. The molecule has 0 aliphatic heterocycles. The number of carbonyl (C=O) groups is 1. The number of imidazole rings is 1. The number of ketones is 1. The Morgan fingerprint density at radius 2 is 1.86 bits per heavy atom. The van der Waals surface area contributed by atoms with Gasteiger partial charge in [-0.1, -0.05) is 61.5 Å². The van der Waals surface area contributed by atoms with Crippen molar-refractivity contribution in [2.45, 2.75) is 25.2 Å². The molecule has 2 heterocycles. The minimum atomic E-state index is -0.654.